The highest BCUT2D eigenvalue weighted by Gasteiger charge is 2.54. The fourth-order valence-electron chi connectivity index (χ4n) is 4.82. The average molecular weight is 224 g/mol. The minimum atomic E-state index is -0.862. The van der Waals surface area contributed by atoms with Crippen LogP contribution in [0.15, 0.2) is 0 Å². The maximum absolute atomic E-state index is 10.8. The lowest BCUT2D eigenvalue weighted by Gasteiger charge is -2.59. The molecule has 1 amide bonds. The smallest absolute Gasteiger partial charge is 0.404 e. The van der Waals surface area contributed by atoms with Crippen LogP contribution in [0.5, 0.6) is 0 Å². The molecule has 0 aliphatic heterocycles. The predicted octanol–water partition coefficient (Wildman–Crippen LogP) is 1.41. The molecule has 4 fully saturated rings. The molecule has 0 spiro atoms. The van der Waals surface area contributed by atoms with Crippen LogP contribution < -0.4 is 11.1 Å². The molecule has 16 heavy (non-hydrogen) atoms. The molecule has 4 heteroatoms. The Hall–Kier alpha value is -0.770. The van der Waals surface area contributed by atoms with Crippen molar-refractivity contribution in [3.05, 3.63) is 0 Å². The number of nitrogens with two attached hydrogens (primary N) is 1. The Balaban J connectivity index is 1.81. The lowest BCUT2D eigenvalue weighted by atomic mass is 9.48. The molecule has 4 nitrogen and oxygen atoms in total. The second kappa shape index (κ2) is 3.36. The van der Waals surface area contributed by atoms with Crippen molar-refractivity contribution in [2.75, 3.05) is 6.54 Å². The van der Waals surface area contributed by atoms with E-state index in [1.165, 1.54) is 19.3 Å². The van der Waals surface area contributed by atoms with E-state index in [0.717, 1.165) is 25.3 Å². The zero-order valence-corrected chi connectivity index (χ0v) is 9.48. The number of carboxylic acid groups (broad SMARTS) is 1. The van der Waals surface area contributed by atoms with Crippen molar-refractivity contribution in [2.24, 2.45) is 28.9 Å². The van der Waals surface area contributed by atoms with E-state index in [2.05, 4.69) is 5.32 Å². The molecule has 4 aliphatic carbocycles. The molecule has 0 heterocycles. The lowest BCUT2D eigenvalue weighted by molar-refractivity contribution is -0.0693. The van der Waals surface area contributed by atoms with Crippen LogP contribution in [0.3, 0.4) is 0 Å². The minimum Gasteiger partial charge on any atom is -0.465 e. The van der Waals surface area contributed by atoms with Gasteiger partial charge in [0, 0.05) is 6.04 Å². The fraction of sp³-hybridized carbons (Fsp3) is 0.917. The van der Waals surface area contributed by atoms with E-state index < -0.39 is 6.09 Å². The van der Waals surface area contributed by atoms with E-state index in [-0.39, 0.29) is 6.04 Å². The van der Waals surface area contributed by atoms with E-state index in [1.807, 2.05) is 0 Å². The number of hydrogen-bond acceptors (Lipinski definition) is 2. The third kappa shape index (κ3) is 1.43. The maximum Gasteiger partial charge on any atom is 0.404 e. The van der Waals surface area contributed by atoms with Crippen LogP contribution in [-0.2, 0) is 0 Å². The third-order valence-corrected chi connectivity index (χ3v) is 5.12. The van der Waals surface area contributed by atoms with Crippen molar-refractivity contribution < 1.29 is 9.90 Å². The molecule has 4 saturated carbocycles. The van der Waals surface area contributed by atoms with Gasteiger partial charge in [-0.15, -0.1) is 0 Å². The topological polar surface area (TPSA) is 75.3 Å². The van der Waals surface area contributed by atoms with Gasteiger partial charge in [-0.1, -0.05) is 0 Å². The molecular formula is C12H20N2O2. The maximum atomic E-state index is 10.8. The van der Waals surface area contributed by atoms with Crippen LogP contribution >= 0.6 is 0 Å². The van der Waals surface area contributed by atoms with Crippen molar-refractivity contribution >= 4 is 6.09 Å². The van der Waals surface area contributed by atoms with E-state index in [9.17, 15) is 4.79 Å². The standard InChI is InChI=1S/C12H20N2O2/c13-6-12-3-7-1-8(4-12)10(14-11(15)16)9(2-7)5-12/h7-10,14H,1-6,13H2,(H,15,16). The van der Waals surface area contributed by atoms with Crippen LogP contribution in [0.4, 0.5) is 4.79 Å². The summed E-state index contributed by atoms with van der Waals surface area (Å²) < 4.78 is 0. The van der Waals surface area contributed by atoms with E-state index in [0.29, 0.717) is 17.3 Å². The summed E-state index contributed by atoms with van der Waals surface area (Å²) in [6.45, 7) is 0.788. The SMILES string of the molecule is NCC12CC3CC(C1)C(NC(=O)O)C(C3)C2. The van der Waals surface area contributed by atoms with E-state index >= 15 is 0 Å². The summed E-state index contributed by atoms with van der Waals surface area (Å²) in [6, 6.07) is 0.203. The number of rotatable bonds is 2. The molecule has 0 aromatic heterocycles. The Bertz CT molecular complexity index is 302. The summed E-state index contributed by atoms with van der Waals surface area (Å²) >= 11 is 0. The summed E-state index contributed by atoms with van der Waals surface area (Å²) in [5.74, 6) is 1.91. The van der Waals surface area contributed by atoms with Crippen molar-refractivity contribution in [1.82, 2.24) is 5.32 Å². The van der Waals surface area contributed by atoms with Gasteiger partial charge in [-0.2, -0.15) is 0 Å². The van der Waals surface area contributed by atoms with Gasteiger partial charge >= 0.3 is 6.09 Å². The van der Waals surface area contributed by atoms with E-state index in [1.54, 1.807) is 0 Å². The molecule has 2 atom stereocenters. The number of amides is 1. The van der Waals surface area contributed by atoms with Crippen molar-refractivity contribution in [3.8, 4) is 0 Å². The Kier molecular flexibility index (Phi) is 2.18. The van der Waals surface area contributed by atoms with Gasteiger partial charge in [-0.05, 0) is 61.8 Å². The van der Waals surface area contributed by atoms with Crippen LogP contribution in [0.25, 0.3) is 0 Å². The van der Waals surface area contributed by atoms with Crippen LogP contribution in [0.2, 0.25) is 0 Å². The number of nitrogens with one attached hydrogen (secondary N) is 1. The number of carbonyl (C=O) groups is 1. The highest BCUT2D eigenvalue weighted by molar-refractivity contribution is 5.65. The molecule has 4 rings (SSSR count). The first-order chi connectivity index (χ1) is 7.62. The first-order valence-corrected chi connectivity index (χ1v) is 6.31. The summed E-state index contributed by atoms with van der Waals surface area (Å²) in [5, 5.41) is 11.6. The van der Waals surface area contributed by atoms with Crippen LogP contribution in [-0.4, -0.2) is 23.8 Å². The third-order valence-electron chi connectivity index (χ3n) is 5.12. The average Bonchev–Trinajstić information content (AvgIpc) is 2.22. The Labute approximate surface area is 95.6 Å². The van der Waals surface area contributed by atoms with Gasteiger partial charge in [-0.3, -0.25) is 0 Å². The minimum absolute atomic E-state index is 0.203. The molecule has 0 aromatic rings. The molecule has 4 aliphatic rings. The van der Waals surface area contributed by atoms with Gasteiger partial charge in [0.15, 0.2) is 0 Å². The molecule has 4 bridgehead atoms. The highest BCUT2D eigenvalue weighted by atomic mass is 16.4. The fourth-order valence-corrected chi connectivity index (χ4v) is 4.82. The summed E-state index contributed by atoms with van der Waals surface area (Å²) in [4.78, 5) is 10.8. The highest BCUT2D eigenvalue weighted by Crippen LogP contribution is 2.59. The Morgan fingerprint density at radius 1 is 1.31 bits per heavy atom. The molecule has 90 valence electrons. The van der Waals surface area contributed by atoms with Crippen LogP contribution in [0.1, 0.15) is 32.1 Å². The largest absolute Gasteiger partial charge is 0.465 e. The monoisotopic (exact) mass is 224 g/mol. The molecule has 4 N–H and O–H groups in total. The Morgan fingerprint density at radius 3 is 2.44 bits per heavy atom. The normalized spacial score (nSPS) is 49.3. The van der Waals surface area contributed by atoms with Gasteiger partial charge < -0.3 is 16.2 Å². The van der Waals surface area contributed by atoms with Gasteiger partial charge in [0.25, 0.3) is 0 Å². The lowest BCUT2D eigenvalue weighted by Crippen LogP contribution is -2.60. The van der Waals surface area contributed by atoms with Crippen LogP contribution in [0, 0.1) is 23.2 Å². The molecular weight excluding hydrogens is 204 g/mol. The first kappa shape index (κ1) is 10.4. The molecule has 0 aromatic carbocycles. The molecule has 0 radical (unpaired) electrons. The van der Waals surface area contributed by atoms with Crippen molar-refractivity contribution in [3.63, 3.8) is 0 Å². The van der Waals surface area contributed by atoms with Gasteiger partial charge in [0.1, 0.15) is 0 Å². The van der Waals surface area contributed by atoms with Gasteiger partial charge in [0.05, 0.1) is 0 Å². The molecule has 2 unspecified atom stereocenters. The summed E-state index contributed by atoms with van der Waals surface area (Å²) in [6.07, 6.45) is 5.13. The first-order valence-electron chi connectivity index (χ1n) is 6.31. The second-order valence-electron chi connectivity index (χ2n) is 6.15. The summed E-state index contributed by atoms with van der Waals surface area (Å²) in [7, 11) is 0. The summed E-state index contributed by atoms with van der Waals surface area (Å²) in [5.41, 5.74) is 6.29. The Morgan fingerprint density at radius 2 is 1.94 bits per heavy atom. The van der Waals surface area contributed by atoms with E-state index in [4.69, 9.17) is 10.8 Å². The zero-order valence-electron chi connectivity index (χ0n) is 9.48. The predicted molar refractivity (Wildman–Crippen MR) is 60.0 cm³/mol. The van der Waals surface area contributed by atoms with Crippen molar-refractivity contribution in [2.45, 2.75) is 38.1 Å². The van der Waals surface area contributed by atoms with Gasteiger partial charge in [-0.25, -0.2) is 4.79 Å². The quantitative estimate of drug-likeness (QED) is 0.663. The van der Waals surface area contributed by atoms with Crippen molar-refractivity contribution in [1.29, 1.82) is 0 Å². The molecule has 0 saturated heterocycles. The second-order valence-corrected chi connectivity index (χ2v) is 6.15. The number of hydrogen-bond donors (Lipinski definition) is 3. The zero-order chi connectivity index (χ0) is 11.3. The van der Waals surface area contributed by atoms with Gasteiger partial charge in [0.2, 0.25) is 0 Å².